The SMILES string of the molecule is NC(CCOc1ccccc1)/C1=C/CCCCCC1. The van der Waals surface area contributed by atoms with E-state index in [2.05, 4.69) is 6.08 Å². The van der Waals surface area contributed by atoms with Crippen LogP contribution in [0, 0.1) is 0 Å². The fourth-order valence-electron chi connectivity index (χ4n) is 2.56. The van der Waals surface area contributed by atoms with Crippen LogP contribution in [0.5, 0.6) is 5.75 Å². The van der Waals surface area contributed by atoms with E-state index < -0.39 is 0 Å². The normalized spacial score (nSPS) is 20.8. The summed E-state index contributed by atoms with van der Waals surface area (Å²) in [5.74, 6) is 0.932. The summed E-state index contributed by atoms with van der Waals surface area (Å²) in [5.41, 5.74) is 7.73. The maximum Gasteiger partial charge on any atom is 0.119 e. The van der Waals surface area contributed by atoms with E-state index in [9.17, 15) is 0 Å². The van der Waals surface area contributed by atoms with Crippen molar-refractivity contribution in [2.75, 3.05) is 6.61 Å². The van der Waals surface area contributed by atoms with E-state index in [0.717, 1.165) is 12.2 Å². The molecule has 104 valence electrons. The predicted molar refractivity (Wildman–Crippen MR) is 80.3 cm³/mol. The minimum Gasteiger partial charge on any atom is -0.494 e. The van der Waals surface area contributed by atoms with Gasteiger partial charge in [-0.1, -0.05) is 42.7 Å². The minimum atomic E-state index is 0.168. The zero-order valence-corrected chi connectivity index (χ0v) is 11.7. The third-order valence-corrected chi connectivity index (χ3v) is 3.74. The summed E-state index contributed by atoms with van der Waals surface area (Å²) >= 11 is 0. The Bertz CT molecular complexity index is 386. The zero-order valence-electron chi connectivity index (χ0n) is 11.7. The fourth-order valence-corrected chi connectivity index (χ4v) is 2.56. The van der Waals surface area contributed by atoms with Gasteiger partial charge < -0.3 is 10.5 Å². The average Bonchev–Trinajstić information content (AvgIpc) is 2.39. The molecule has 0 heterocycles. The lowest BCUT2D eigenvalue weighted by Crippen LogP contribution is -2.25. The van der Waals surface area contributed by atoms with Gasteiger partial charge in [0.05, 0.1) is 6.61 Å². The highest BCUT2D eigenvalue weighted by Gasteiger charge is 2.10. The first kappa shape index (κ1) is 14.1. The lowest BCUT2D eigenvalue weighted by atomic mass is 9.94. The predicted octanol–water partition coefficient (Wildman–Crippen LogP) is 4.06. The van der Waals surface area contributed by atoms with Crippen molar-refractivity contribution < 1.29 is 4.74 Å². The highest BCUT2D eigenvalue weighted by Crippen LogP contribution is 2.20. The first-order valence-electron chi connectivity index (χ1n) is 7.48. The summed E-state index contributed by atoms with van der Waals surface area (Å²) in [6.07, 6.45) is 11.0. The molecule has 2 rings (SSSR count). The van der Waals surface area contributed by atoms with Crippen molar-refractivity contribution in [1.82, 2.24) is 0 Å². The van der Waals surface area contributed by atoms with Crippen LogP contribution in [0.15, 0.2) is 42.0 Å². The Morgan fingerprint density at radius 2 is 1.84 bits per heavy atom. The molecule has 0 aliphatic heterocycles. The van der Waals surface area contributed by atoms with Crippen molar-refractivity contribution in [3.05, 3.63) is 42.0 Å². The summed E-state index contributed by atoms with van der Waals surface area (Å²) in [4.78, 5) is 0. The molecular formula is C17H25NO. The average molecular weight is 259 g/mol. The lowest BCUT2D eigenvalue weighted by Gasteiger charge is -2.18. The van der Waals surface area contributed by atoms with Crippen LogP contribution in [-0.2, 0) is 0 Å². The van der Waals surface area contributed by atoms with Crippen LogP contribution in [0.3, 0.4) is 0 Å². The van der Waals surface area contributed by atoms with E-state index in [0.29, 0.717) is 6.61 Å². The highest BCUT2D eigenvalue weighted by atomic mass is 16.5. The van der Waals surface area contributed by atoms with Crippen LogP contribution < -0.4 is 10.5 Å². The van der Waals surface area contributed by atoms with Crippen LogP contribution in [0.1, 0.15) is 44.9 Å². The van der Waals surface area contributed by atoms with Crippen LogP contribution >= 0.6 is 0 Å². The van der Waals surface area contributed by atoms with Gasteiger partial charge in [0.25, 0.3) is 0 Å². The number of rotatable bonds is 5. The maximum atomic E-state index is 6.28. The van der Waals surface area contributed by atoms with Crippen LogP contribution in [0.25, 0.3) is 0 Å². The second-order valence-electron chi connectivity index (χ2n) is 5.29. The van der Waals surface area contributed by atoms with Crippen LogP contribution in [0.4, 0.5) is 0 Å². The number of hydrogen-bond donors (Lipinski definition) is 1. The molecular weight excluding hydrogens is 234 g/mol. The number of allylic oxidation sites excluding steroid dienone is 1. The van der Waals surface area contributed by atoms with Gasteiger partial charge in [-0.2, -0.15) is 0 Å². The number of ether oxygens (including phenoxy) is 1. The fraction of sp³-hybridized carbons (Fsp3) is 0.529. The molecule has 2 N–H and O–H groups in total. The molecule has 0 radical (unpaired) electrons. The standard InChI is InChI=1S/C17H25NO/c18-17(15-9-5-2-1-3-6-10-15)13-14-19-16-11-7-4-8-12-16/h4,7-9,11-12,17H,1-3,5-6,10,13-14,18H2/b15-9+. The Morgan fingerprint density at radius 3 is 2.68 bits per heavy atom. The van der Waals surface area contributed by atoms with Crippen molar-refractivity contribution >= 4 is 0 Å². The number of nitrogens with two attached hydrogens (primary N) is 1. The molecule has 0 aromatic heterocycles. The Kier molecular flexibility index (Phi) is 5.96. The van der Waals surface area contributed by atoms with Gasteiger partial charge in [0, 0.05) is 12.5 Å². The second-order valence-corrected chi connectivity index (χ2v) is 5.29. The van der Waals surface area contributed by atoms with Gasteiger partial charge in [-0.05, 0) is 37.8 Å². The van der Waals surface area contributed by atoms with E-state index in [1.165, 1.54) is 44.1 Å². The molecule has 1 unspecified atom stereocenters. The summed E-state index contributed by atoms with van der Waals surface area (Å²) in [5, 5.41) is 0. The molecule has 1 aromatic rings. The molecule has 1 aliphatic rings. The number of para-hydroxylation sites is 1. The smallest absolute Gasteiger partial charge is 0.119 e. The number of benzene rings is 1. The molecule has 0 amide bonds. The van der Waals surface area contributed by atoms with Gasteiger partial charge >= 0.3 is 0 Å². The molecule has 0 saturated heterocycles. The Balaban J connectivity index is 1.75. The molecule has 0 bridgehead atoms. The van der Waals surface area contributed by atoms with E-state index in [4.69, 9.17) is 10.5 Å². The van der Waals surface area contributed by atoms with Crippen molar-refractivity contribution in [3.8, 4) is 5.75 Å². The molecule has 1 atom stereocenters. The molecule has 19 heavy (non-hydrogen) atoms. The molecule has 2 nitrogen and oxygen atoms in total. The van der Waals surface area contributed by atoms with Crippen molar-refractivity contribution in [1.29, 1.82) is 0 Å². The molecule has 1 aliphatic carbocycles. The van der Waals surface area contributed by atoms with Crippen molar-refractivity contribution in [2.45, 2.75) is 51.0 Å². The van der Waals surface area contributed by atoms with Gasteiger partial charge in [-0.15, -0.1) is 0 Å². The summed E-state index contributed by atoms with van der Waals surface area (Å²) in [6, 6.07) is 10.1. The lowest BCUT2D eigenvalue weighted by molar-refractivity contribution is 0.302. The molecule has 0 spiro atoms. The zero-order chi connectivity index (χ0) is 13.3. The Hall–Kier alpha value is -1.28. The number of hydrogen-bond acceptors (Lipinski definition) is 2. The third-order valence-electron chi connectivity index (χ3n) is 3.74. The van der Waals surface area contributed by atoms with E-state index >= 15 is 0 Å². The van der Waals surface area contributed by atoms with Gasteiger partial charge in [0.2, 0.25) is 0 Å². The van der Waals surface area contributed by atoms with Crippen LogP contribution in [0.2, 0.25) is 0 Å². The van der Waals surface area contributed by atoms with E-state index in [1.807, 2.05) is 30.3 Å². The van der Waals surface area contributed by atoms with Crippen molar-refractivity contribution in [2.24, 2.45) is 5.73 Å². The summed E-state index contributed by atoms with van der Waals surface area (Å²) in [6.45, 7) is 0.697. The summed E-state index contributed by atoms with van der Waals surface area (Å²) < 4.78 is 5.72. The van der Waals surface area contributed by atoms with Gasteiger partial charge in [0.1, 0.15) is 5.75 Å². The highest BCUT2D eigenvalue weighted by molar-refractivity contribution is 5.21. The first-order chi connectivity index (χ1) is 9.36. The molecule has 0 fully saturated rings. The van der Waals surface area contributed by atoms with Gasteiger partial charge in [-0.25, -0.2) is 0 Å². The van der Waals surface area contributed by atoms with Crippen molar-refractivity contribution in [3.63, 3.8) is 0 Å². The first-order valence-corrected chi connectivity index (χ1v) is 7.48. The quantitative estimate of drug-likeness (QED) is 0.809. The van der Waals surface area contributed by atoms with Crippen LogP contribution in [-0.4, -0.2) is 12.6 Å². The third kappa shape index (κ3) is 5.07. The summed E-state index contributed by atoms with van der Waals surface area (Å²) in [7, 11) is 0. The van der Waals surface area contributed by atoms with E-state index in [-0.39, 0.29) is 6.04 Å². The molecule has 1 aromatic carbocycles. The topological polar surface area (TPSA) is 35.2 Å². The molecule has 0 saturated carbocycles. The van der Waals surface area contributed by atoms with Gasteiger partial charge in [-0.3, -0.25) is 0 Å². The monoisotopic (exact) mass is 259 g/mol. The minimum absolute atomic E-state index is 0.168. The molecule has 2 heteroatoms. The second kappa shape index (κ2) is 8.00. The van der Waals surface area contributed by atoms with Gasteiger partial charge in [0.15, 0.2) is 0 Å². The van der Waals surface area contributed by atoms with E-state index in [1.54, 1.807) is 0 Å². The Morgan fingerprint density at radius 1 is 1.05 bits per heavy atom. The largest absolute Gasteiger partial charge is 0.494 e. The maximum absolute atomic E-state index is 6.28. The Labute approximate surface area is 116 Å².